The van der Waals surface area contributed by atoms with Gasteiger partial charge in [0.05, 0.1) is 10.7 Å². The van der Waals surface area contributed by atoms with Crippen LogP contribution in [-0.2, 0) is 14.3 Å². The number of aryl methyl sites for hydroxylation is 2. The van der Waals surface area contributed by atoms with E-state index < -0.39 is 41.6 Å². The molecular weight excluding hydrogens is 518 g/mol. The summed E-state index contributed by atoms with van der Waals surface area (Å²) >= 11 is 6.41. The van der Waals surface area contributed by atoms with Crippen molar-refractivity contribution in [3.8, 4) is 5.75 Å². The van der Waals surface area contributed by atoms with Crippen molar-refractivity contribution in [3.63, 3.8) is 0 Å². The number of amides is 3. The summed E-state index contributed by atoms with van der Waals surface area (Å²) in [5.41, 5.74) is 1.54. The van der Waals surface area contributed by atoms with E-state index in [-0.39, 0.29) is 11.7 Å². The van der Waals surface area contributed by atoms with E-state index in [1.807, 2.05) is 40.7 Å². The number of phenols is 1. The Balaban J connectivity index is 2.62. The Bertz CT molecular complexity index is 1170. The van der Waals surface area contributed by atoms with E-state index in [2.05, 4.69) is 10.6 Å². The Hall–Kier alpha value is -3.26. The second-order valence-corrected chi connectivity index (χ2v) is 11.6. The molecule has 214 valence electrons. The highest BCUT2D eigenvalue weighted by Gasteiger charge is 2.39. The molecule has 3 unspecified atom stereocenters. The first-order chi connectivity index (χ1) is 18.1. The van der Waals surface area contributed by atoms with E-state index >= 15 is 0 Å². The van der Waals surface area contributed by atoms with Gasteiger partial charge in [0.2, 0.25) is 5.91 Å². The van der Waals surface area contributed by atoms with Gasteiger partial charge in [-0.05, 0) is 89.3 Å². The maximum atomic E-state index is 14.2. The normalized spacial score (nSPS) is 13.8. The number of anilines is 1. The Morgan fingerprint density at radius 3 is 2.21 bits per heavy atom. The second-order valence-electron chi connectivity index (χ2n) is 11.2. The molecule has 8 nitrogen and oxygen atoms in total. The number of nitrogens with one attached hydrogen (secondary N) is 2. The molecule has 0 saturated carbocycles. The number of phenolic OH excluding ortho intramolecular Hbond substituents is 1. The van der Waals surface area contributed by atoms with E-state index in [0.29, 0.717) is 28.3 Å². The molecule has 0 saturated heterocycles. The van der Waals surface area contributed by atoms with Crippen molar-refractivity contribution in [1.82, 2.24) is 10.2 Å². The van der Waals surface area contributed by atoms with Crippen LogP contribution in [-0.4, -0.2) is 45.6 Å². The van der Waals surface area contributed by atoms with E-state index in [4.69, 9.17) is 16.3 Å². The third kappa shape index (κ3) is 8.36. The fourth-order valence-corrected chi connectivity index (χ4v) is 4.50. The van der Waals surface area contributed by atoms with Crippen LogP contribution >= 0.6 is 11.6 Å². The molecule has 0 bridgehead atoms. The van der Waals surface area contributed by atoms with Gasteiger partial charge in [0.25, 0.3) is 5.91 Å². The number of para-hydroxylation sites is 1. The van der Waals surface area contributed by atoms with Crippen molar-refractivity contribution in [2.24, 2.45) is 5.92 Å². The average Bonchev–Trinajstić information content (AvgIpc) is 2.82. The number of rotatable bonds is 9. The first-order valence-electron chi connectivity index (χ1n) is 13.2. The molecule has 9 heteroatoms. The Kier molecular flexibility index (Phi) is 10.8. The van der Waals surface area contributed by atoms with E-state index in [1.54, 1.807) is 52.0 Å². The van der Waals surface area contributed by atoms with Gasteiger partial charge in [-0.3, -0.25) is 9.59 Å². The van der Waals surface area contributed by atoms with E-state index in [0.717, 1.165) is 5.56 Å². The topological polar surface area (TPSA) is 108 Å². The molecule has 0 aliphatic carbocycles. The van der Waals surface area contributed by atoms with Gasteiger partial charge in [0, 0.05) is 6.04 Å². The summed E-state index contributed by atoms with van der Waals surface area (Å²) in [5.74, 6) is -1.07. The van der Waals surface area contributed by atoms with E-state index in [9.17, 15) is 19.5 Å². The van der Waals surface area contributed by atoms with Crippen molar-refractivity contribution < 1.29 is 24.2 Å². The molecule has 2 aromatic carbocycles. The van der Waals surface area contributed by atoms with Crippen molar-refractivity contribution >= 4 is 35.2 Å². The predicted octanol–water partition coefficient (Wildman–Crippen LogP) is 6.52. The lowest BCUT2D eigenvalue weighted by molar-refractivity contribution is -0.144. The van der Waals surface area contributed by atoms with Crippen LogP contribution in [0.15, 0.2) is 36.4 Å². The van der Waals surface area contributed by atoms with Crippen LogP contribution in [0.5, 0.6) is 5.75 Å². The monoisotopic (exact) mass is 559 g/mol. The number of hydrogen-bond donors (Lipinski definition) is 3. The van der Waals surface area contributed by atoms with Crippen molar-refractivity contribution in [2.45, 2.75) is 92.5 Å². The number of ether oxygens (including phenoxy) is 1. The maximum Gasteiger partial charge on any atom is 0.408 e. The van der Waals surface area contributed by atoms with Crippen LogP contribution in [0.2, 0.25) is 5.02 Å². The van der Waals surface area contributed by atoms with Crippen LogP contribution < -0.4 is 10.6 Å². The lowest BCUT2D eigenvalue weighted by atomic mass is 9.94. The van der Waals surface area contributed by atoms with Gasteiger partial charge in [-0.1, -0.05) is 50.1 Å². The van der Waals surface area contributed by atoms with Crippen LogP contribution in [0.1, 0.15) is 77.6 Å². The third-order valence-electron chi connectivity index (χ3n) is 6.50. The van der Waals surface area contributed by atoms with Crippen LogP contribution in [0.3, 0.4) is 0 Å². The molecule has 0 radical (unpaired) electrons. The number of carbonyl (C=O) groups excluding carboxylic acids is 3. The summed E-state index contributed by atoms with van der Waals surface area (Å²) in [4.78, 5) is 42.4. The van der Waals surface area contributed by atoms with Crippen LogP contribution in [0, 0.1) is 19.8 Å². The minimum Gasteiger partial charge on any atom is -0.508 e. The first-order valence-corrected chi connectivity index (χ1v) is 13.6. The number of carbonyl (C=O) groups is 3. The molecule has 0 aliphatic heterocycles. The number of aromatic hydroxyl groups is 1. The summed E-state index contributed by atoms with van der Waals surface area (Å²) in [6, 6.07) is 7.64. The predicted molar refractivity (Wildman–Crippen MR) is 155 cm³/mol. The Morgan fingerprint density at radius 2 is 1.69 bits per heavy atom. The highest BCUT2D eigenvalue weighted by Crippen LogP contribution is 2.32. The van der Waals surface area contributed by atoms with Crippen molar-refractivity contribution in [2.75, 3.05) is 5.32 Å². The molecule has 39 heavy (non-hydrogen) atoms. The number of benzene rings is 2. The second kappa shape index (κ2) is 13.2. The molecule has 0 spiro atoms. The van der Waals surface area contributed by atoms with Crippen molar-refractivity contribution in [1.29, 1.82) is 0 Å². The fraction of sp³-hybridized carbons (Fsp3) is 0.500. The van der Waals surface area contributed by atoms with Crippen LogP contribution in [0.4, 0.5) is 10.5 Å². The standard InChI is InChI=1S/C30H42ClN3O5/c1-10-18(4)25(33-29(38)39-30(7,8)9)28(37)34(17(2)3)26(21-14-15-23(35)20(6)16-21)27(36)32-24-19(5)12-11-13-22(24)31/h11-18,25-26,35H,10H2,1-9H3,(H,32,36)(H,33,38). The quantitative estimate of drug-likeness (QED) is 0.324. The molecule has 0 aliphatic rings. The minimum atomic E-state index is -1.08. The van der Waals surface area contributed by atoms with Gasteiger partial charge in [-0.25, -0.2) is 4.79 Å². The molecule has 0 aromatic heterocycles. The van der Waals surface area contributed by atoms with Crippen LogP contribution in [0.25, 0.3) is 0 Å². The number of halogens is 1. The molecule has 0 fully saturated rings. The zero-order valence-corrected chi connectivity index (χ0v) is 25.1. The van der Waals surface area contributed by atoms with E-state index in [1.165, 1.54) is 11.0 Å². The summed E-state index contributed by atoms with van der Waals surface area (Å²) in [7, 11) is 0. The maximum absolute atomic E-state index is 14.2. The summed E-state index contributed by atoms with van der Waals surface area (Å²) in [5, 5.41) is 16.2. The number of nitrogens with zero attached hydrogens (tertiary/aromatic N) is 1. The van der Waals surface area contributed by atoms with Gasteiger partial charge in [0.1, 0.15) is 23.4 Å². The molecule has 2 rings (SSSR count). The zero-order valence-electron chi connectivity index (χ0n) is 24.4. The van der Waals surface area contributed by atoms with Gasteiger partial charge >= 0.3 is 6.09 Å². The fourth-order valence-electron chi connectivity index (χ4n) is 4.23. The van der Waals surface area contributed by atoms with Crippen molar-refractivity contribution in [3.05, 3.63) is 58.1 Å². The molecule has 2 aromatic rings. The summed E-state index contributed by atoms with van der Waals surface area (Å²) in [6.45, 7) is 16.2. The lowest BCUT2D eigenvalue weighted by Crippen LogP contribution is -2.56. The van der Waals surface area contributed by atoms with Gasteiger partial charge in [-0.2, -0.15) is 0 Å². The average molecular weight is 560 g/mol. The summed E-state index contributed by atoms with van der Waals surface area (Å²) < 4.78 is 5.44. The highest BCUT2D eigenvalue weighted by molar-refractivity contribution is 6.34. The molecule has 3 N–H and O–H groups in total. The molecule has 3 atom stereocenters. The third-order valence-corrected chi connectivity index (χ3v) is 6.81. The number of hydrogen-bond acceptors (Lipinski definition) is 5. The number of alkyl carbamates (subject to hydrolysis) is 1. The largest absolute Gasteiger partial charge is 0.508 e. The van der Waals surface area contributed by atoms with Gasteiger partial charge in [-0.15, -0.1) is 0 Å². The smallest absolute Gasteiger partial charge is 0.408 e. The lowest BCUT2D eigenvalue weighted by Gasteiger charge is -2.38. The Morgan fingerprint density at radius 1 is 1.05 bits per heavy atom. The SMILES string of the molecule is CCC(C)C(NC(=O)OC(C)(C)C)C(=O)N(C(C)C)C(C(=O)Nc1c(C)cccc1Cl)c1ccc(O)c(C)c1. The summed E-state index contributed by atoms with van der Waals surface area (Å²) in [6.07, 6.45) is -0.107. The molecule has 3 amide bonds. The van der Waals surface area contributed by atoms with Gasteiger partial charge in [0.15, 0.2) is 0 Å². The zero-order chi connectivity index (χ0) is 29.7. The highest BCUT2D eigenvalue weighted by atomic mass is 35.5. The first kappa shape index (κ1) is 32.0. The van der Waals surface area contributed by atoms with Gasteiger partial charge < -0.3 is 25.4 Å². The molecular formula is C30H42ClN3O5. The molecule has 0 heterocycles. The minimum absolute atomic E-state index is 0.0753. The Labute approximate surface area is 237 Å².